The molecule has 0 aromatic carbocycles. The highest BCUT2D eigenvalue weighted by atomic mass is 16.5. The molecule has 1 saturated carbocycles. The van der Waals surface area contributed by atoms with Gasteiger partial charge in [0.25, 0.3) is 5.91 Å². The molecule has 0 spiro atoms. The highest BCUT2D eigenvalue weighted by molar-refractivity contribution is 5.87. The van der Waals surface area contributed by atoms with Crippen LogP contribution in [0.4, 0.5) is 11.6 Å². The molecule has 0 saturated heterocycles. The molecule has 37 heavy (non-hydrogen) atoms. The number of rotatable bonds is 8. The number of carbonyl (C=O) groups excluding carboxylic acids is 1. The van der Waals surface area contributed by atoms with Crippen molar-refractivity contribution in [3.63, 3.8) is 0 Å². The van der Waals surface area contributed by atoms with Crippen molar-refractivity contribution in [1.82, 2.24) is 35.3 Å². The maximum atomic E-state index is 13.3. The number of nitrogens with one attached hydrogen (secondary N) is 3. The summed E-state index contributed by atoms with van der Waals surface area (Å²) in [6.07, 6.45) is 6.61. The first kappa shape index (κ1) is 24.6. The minimum Gasteiger partial charge on any atom is -0.368 e. The van der Waals surface area contributed by atoms with Crippen LogP contribution in [0.2, 0.25) is 0 Å². The predicted molar refractivity (Wildman–Crippen MR) is 140 cm³/mol. The summed E-state index contributed by atoms with van der Waals surface area (Å²) in [6, 6.07) is 9.62. The van der Waals surface area contributed by atoms with Crippen LogP contribution >= 0.6 is 0 Å². The van der Waals surface area contributed by atoms with Gasteiger partial charge in [-0.05, 0) is 75.4 Å². The monoisotopic (exact) mass is 500 g/mol. The highest BCUT2D eigenvalue weighted by Gasteiger charge is 2.52. The van der Waals surface area contributed by atoms with Crippen LogP contribution in [0.5, 0.6) is 0 Å². The van der Waals surface area contributed by atoms with Crippen molar-refractivity contribution >= 4 is 17.5 Å². The Morgan fingerprint density at radius 1 is 1.14 bits per heavy atom. The molecule has 4 aromatic rings. The Balaban J connectivity index is 1.23. The van der Waals surface area contributed by atoms with Crippen LogP contribution in [0.25, 0.3) is 5.82 Å². The molecule has 0 aliphatic heterocycles. The van der Waals surface area contributed by atoms with Crippen LogP contribution in [0.1, 0.15) is 59.8 Å². The first-order valence-corrected chi connectivity index (χ1v) is 12.4. The van der Waals surface area contributed by atoms with Crippen LogP contribution in [0, 0.1) is 20.8 Å². The molecule has 4 heterocycles. The van der Waals surface area contributed by atoms with Crippen molar-refractivity contribution in [3.05, 3.63) is 77.0 Å². The summed E-state index contributed by atoms with van der Waals surface area (Å²) in [4.78, 5) is 22.6. The number of pyridine rings is 2. The van der Waals surface area contributed by atoms with E-state index in [0.29, 0.717) is 12.8 Å². The summed E-state index contributed by atoms with van der Waals surface area (Å²) in [5, 5.41) is 17.8. The average Bonchev–Trinajstić information content (AvgIpc) is 3.46. The van der Waals surface area contributed by atoms with E-state index >= 15 is 0 Å². The van der Waals surface area contributed by atoms with E-state index in [1.54, 1.807) is 24.2 Å². The van der Waals surface area contributed by atoms with Gasteiger partial charge in [-0.25, -0.2) is 14.6 Å². The molecule has 5 rings (SSSR count). The van der Waals surface area contributed by atoms with Crippen molar-refractivity contribution in [2.45, 2.75) is 58.1 Å². The summed E-state index contributed by atoms with van der Waals surface area (Å²) in [6.45, 7) is 7.92. The van der Waals surface area contributed by atoms with Gasteiger partial charge in [-0.15, -0.1) is 0 Å². The van der Waals surface area contributed by atoms with Crippen LogP contribution in [-0.4, -0.2) is 48.6 Å². The second-order valence-electron chi connectivity index (χ2n) is 9.93. The number of carbonyl (C=O) groups is 1. The lowest BCUT2D eigenvalue weighted by molar-refractivity contribution is -0.158. The molecular weight excluding hydrogens is 468 g/mol. The molecule has 1 amide bonds. The second kappa shape index (κ2) is 9.78. The highest BCUT2D eigenvalue weighted by Crippen LogP contribution is 2.47. The van der Waals surface area contributed by atoms with E-state index in [1.807, 2.05) is 58.2 Å². The number of ether oxygens (including phenoxy) is 1. The number of aryl methyl sites for hydroxylation is 3. The molecule has 1 fully saturated rings. The summed E-state index contributed by atoms with van der Waals surface area (Å²) < 4.78 is 7.49. The number of amides is 1. The third-order valence-corrected chi connectivity index (χ3v) is 6.89. The molecule has 3 N–H and O–H groups in total. The SMILES string of the molecule is COC1(C(=O)N[C@@H](C)c2ccc(-n3cc(C)cn3)nc2)CC(c2cc(C)cc(Nc3cc(C)[nH]n3)n2)C1. The van der Waals surface area contributed by atoms with Crippen LogP contribution in [-0.2, 0) is 9.53 Å². The summed E-state index contributed by atoms with van der Waals surface area (Å²) >= 11 is 0. The minimum atomic E-state index is -0.878. The van der Waals surface area contributed by atoms with Gasteiger partial charge >= 0.3 is 0 Å². The largest absolute Gasteiger partial charge is 0.368 e. The van der Waals surface area contributed by atoms with E-state index in [9.17, 15) is 4.79 Å². The number of aromatic amines is 1. The van der Waals surface area contributed by atoms with E-state index in [0.717, 1.165) is 45.5 Å². The zero-order valence-corrected chi connectivity index (χ0v) is 21.7. The number of methoxy groups -OCH3 is 1. The average molecular weight is 501 g/mol. The third kappa shape index (κ3) is 5.10. The van der Waals surface area contributed by atoms with Gasteiger partial charge in [-0.1, -0.05) is 6.07 Å². The van der Waals surface area contributed by atoms with E-state index < -0.39 is 5.60 Å². The molecule has 10 nitrogen and oxygen atoms in total. The van der Waals surface area contributed by atoms with Gasteiger partial charge in [0.05, 0.1) is 12.2 Å². The standard InChI is InChI=1S/C27H32N8O2/c1-16-8-22(31-23(9-16)32-24-10-18(3)33-34-24)21-11-27(12-21,37-5)26(36)30-19(4)20-6-7-25(28-14-20)35-15-17(2)13-29-35/h6-10,13-15,19,21H,11-12H2,1-5H3,(H,30,36)(H2,31,32,33,34)/t19-,21?,27?/m0/s1. The maximum absolute atomic E-state index is 13.3. The quantitative estimate of drug-likeness (QED) is 0.331. The smallest absolute Gasteiger partial charge is 0.252 e. The van der Waals surface area contributed by atoms with E-state index in [1.165, 1.54) is 0 Å². The third-order valence-electron chi connectivity index (χ3n) is 6.89. The predicted octanol–water partition coefficient (Wildman–Crippen LogP) is 4.19. The fraction of sp³-hybridized carbons (Fsp3) is 0.370. The Morgan fingerprint density at radius 3 is 2.57 bits per heavy atom. The molecular formula is C27H32N8O2. The molecule has 0 radical (unpaired) electrons. The molecule has 0 bridgehead atoms. The molecule has 192 valence electrons. The Kier molecular flexibility index (Phi) is 6.51. The Bertz CT molecular complexity index is 1400. The Labute approximate surface area is 215 Å². The van der Waals surface area contributed by atoms with Crippen LogP contribution in [0.3, 0.4) is 0 Å². The normalized spacial score (nSPS) is 19.8. The minimum absolute atomic E-state index is 0.122. The number of nitrogens with zero attached hydrogens (tertiary/aromatic N) is 5. The van der Waals surface area contributed by atoms with Gasteiger partial charge in [0, 0.05) is 42.9 Å². The lowest BCUT2D eigenvalue weighted by Crippen LogP contribution is -2.56. The van der Waals surface area contributed by atoms with Crippen molar-refractivity contribution in [2.24, 2.45) is 0 Å². The van der Waals surface area contributed by atoms with Crippen LogP contribution < -0.4 is 10.6 Å². The topological polar surface area (TPSA) is 123 Å². The van der Waals surface area contributed by atoms with Crippen LogP contribution in [0.15, 0.2) is 48.9 Å². The van der Waals surface area contributed by atoms with Gasteiger partial charge in [0.1, 0.15) is 11.4 Å². The number of aromatic nitrogens is 6. The second-order valence-corrected chi connectivity index (χ2v) is 9.93. The van der Waals surface area contributed by atoms with Gasteiger partial charge in [0.2, 0.25) is 0 Å². The fourth-order valence-electron chi connectivity index (χ4n) is 4.71. The van der Waals surface area contributed by atoms with Crippen molar-refractivity contribution in [3.8, 4) is 5.82 Å². The molecule has 1 aliphatic carbocycles. The lowest BCUT2D eigenvalue weighted by atomic mass is 9.68. The summed E-state index contributed by atoms with van der Waals surface area (Å²) in [5.74, 6) is 2.18. The van der Waals surface area contributed by atoms with E-state index in [4.69, 9.17) is 9.72 Å². The first-order valence-electron chi connectivity index (χ1n) is 12.4. The Morgan fingerprint density at radius 2 is 1.95 bits per heavy atom. The summed E-state index contributed by atoms with van der Waals surface area (Å²) in [7, 11) is 1.60. The summed E-state index contributed by atoms with van der Waals surface area (Å²) in [5.41, 5.74) is 4.10. The molecule has 4 aromatic heterocycles. The first-order chi connectivity index (χ1) is 17.7. The van der Waals surface area contributed by atoms with Gasteiger partial charge in [-0.2, -0.15) is 10.2 Å². The number of anilines is 2. The lowest BCUT2D eigenvalue weighted by Gasteiger charge is -2.45. The molecule has 1 atom stereocenters. The molecule has 0 unspecified atom stereocenters. The number of hydrogen-bond donors (Lipinski definition) is 3. The molecule has 10 heteroatoms. The van der Waals surface area contributed by atoms with Gasteiger partial charge < -0.3 is 15.4 Å². The number of hydrogen-bond acceptors (Lipinski definition) is 7. The Hall–Kier alpha value is -4.05. The zero-order chi connectivity index (χ0) is 26.2. The van der Waals surface area contributed by atoms with Crippen molar-refractivity contribution in [2.75, 3.05) is 12.4 Å². The van der Waals surface area contributed by atoms with Crippen molar-refractivity contribution < 1.29 is 9.53 Å². The fourth-order valence-corrected chi connectivity index (χ4v) is 4.71. The maximum Gasteiger partial charge on any atom is 0.252 e. The molecule has 1 aliphatic rings. The van der Waals surface area contributed by atoms with E-state index in [2.05, 4.69) is 37.0 Å². The van der Waals surface area contributed by atoms with Crippen molar-refractivity contribution in [1.29, 1.82) is 0 Å². The van der Waals surface area contributed by atoms with Gasteiger partial charge in [0.15, 0.2) is 11.6 Å². The van der Waals surface area contributed by atoms with E-state index in [-0.39, 0.29) is 17.9 Å². The van der Waals surface area contributed by atoms with Gasteiger partial charge in [-0.3, -0.25) is 9.89 Å². The zero-order valence-electron chi connectivity index (χ0n) is 21.7. The number of H-pyrrole nitrogens is 1.